The van der Waals surface area contributed by atoms with Gasteiger partial charge in [-0.15, -0.1) is 0 Å². The van der Waals surface area contributed by atoms with E-state index < -0.39 is 0 Å². The smallest absolute Gasteiger partial charge is 0.270 e. The third-order valence-corrected chi connectivity index (χ3v) is 3.21. The Morgan fingerprint density at radius 2 is 1.89 bits per heavy atom. The van der Waals surface area contributed by atoms with Gasteiger partial charge in [0.25, 0.3) is 5.56 Å². The number of benzene rings is 1. The lowest BCUT2D eigenvalue weighted by Gasteiger charge is -2.01. The number of H-pyrrole nitrogens is 1. The van der Waals surface area contributed by atoms with Crippen molar-refractivity contribution in [1.82, 2.24) is 9.78 Å². The summed E-state index contributed by atoms with van der Waals surface area (Å²) in [6, 6.07) is 10.1. The lowest BCUT2D eigenvalue weighted by molar-refractivity contribution is 0.637. The normalized spacial score (nSPS) is 10.8. The van der Waals surface area contributed by atoms with Gasteiger partial charge in [0.2, 0.25) is 0 Å². The maximum atomic E-state index is 12.2. The molecule has 2 aromatic rings. The molecule has 0 saturated carbocycles. The van der Waals surface area contributed by atoms with Crippen LogP contribution in [-0.2, 0) is 13.0 Å². The number of rotatable bonds is 5. The van der Waals surface area contributed by atoms with Gasteiger partial charge < -0.3 is 0 Å². The Bertz CT molecular complexity index is 552. The molecule has 0 bridgehead atoms. The topological polar surface area (TPSA) is 37.8 Å². The largest absolute Gasteiger partial charge is 0.295 e. The van der Waals surface area contributed by atoms with Crippen molar-refractivity contribution in [1.29, 1.82) is 0 Å². The van der Waals surface area contributed by atoms with Gasteiger partial charge in [0.05, 0.1) is 5.69 Å². The second-order valence-electron chi connectivity index (χ2n) is 4.48. The third kappa shape index (κ3) is 2.40. The molecule has 1 aromatic carbocycles. The predicted molar refractivity (Wildman–Crippen MR) is 74.8 cm³/mol. The van der Waals surface area contributed by atoms with E-state index in [1.54, 1.807) is 4.68 Å². The highest BCUT2D eigenvalue weighted by molar-refractivity contribution is 5.62. The summed E-state index contributed by atoms with van der Waals surface area (Å²) in [6.07, 6.45) is 3.00. The fraction of sp³-hybridized carbons (Fsp3) is 0.400. The zero-order valence-corrected chi connectivity index (χ0v) is 11.1. The number of hydrogen-bond donors (Lipinski definition) is 1. The predicted octanol–water partition coefficient (Wildman–Crippen LogP) is 3.21. The van der Waals surface area contributed by atoms with Gasteiger partial charge in [0.15, 0.2) is 0 Å². The van der Waals surface area contributed by atoms with Gasteiger partial charge in [-0.05, 0) is 25.3 Å². The zero-order valence-electron chi connectivity index (χ0n) is 11.1. The summed E-state index contributed by atoms with van der Waals surface area (Å²) in [6.45, 7) is 4.81. The summed E-state index contributed by atoms with van der Waals surface area (Å²) in [5.41, 5.74) is 3.12. The Morgan fingerprint density at radius 1 is 1.17 bits per heavy atom. The van der Waals surface area contributed by atoms with E-state index in [1.165, 1.54) is 0 Å². The highest BCUT2D eigenvalue weighted by Gasteiger charge is 2.13. The fourth-order valence-corrected chi connectivity index (χ4v) is 2.17. The van der Waals surface area contributed by atoms with E-state index in [-0.39, 0.29) is 5.56 Å². The SMILES string of the molecule is CCCCc1c(-c2ccccc2)[nH]n(CC)c1=O. The van der Waals surface area contributed by atoms with Crippen molar-refractivity contribution in [3.63, 3.8) is 0 Å². The average molecular weight is 244 g/mol. The second kappa shape index (κ2) is 5.71. The van der Waals surface area contributed by atoms with Crippen molar-refractivity contribution >= 4 is 0 Å². The quantitative estimate of drug-likeness (QED) is 0.861. The van der Waals surface area contributed by atoms with Crippen LogP contribution in [0.5, 0.6) is 0 Å². The first-order chi connectivity index (χ1) is 8.77. The van der Waals surface area contributed by atoms with E-state index in [2.05, 4.69) is 12.0 Å². The Morgan fingerprint density at radius 3 is 2.50 bits per heavy atom. The van der Waals surface area contributed by atoms with Crippen molar-refractivity contribution in [2.75, 3.05) is 0 Å². The van der Waals surface area contributed by atoms with Crippen LogP contribution in [0, 0.1) is 0 Å². The molecule has 0 amide bonds. The molecule has 0 atom stereocenters. The molecule has 0 fully saturated rings. The molecule has 3 heteroatoms. The number of nitrogens with zero attached hydrogens (tertiary/aromatic N) is 1. The van der Waals surface area contributed by atoms with Crippen molar-refractivity contribution < 1.29 is 0 Å². The first-order valence-corrected chi connectivity index (χ1v) is 6.65. The van der Waals surface area contributed by atoms with Crippen LogP contribution >= 0.6 is 0 Å². The first kappa shape index (κ1) is 12.7. The van der Waals surface area contributed by atoms with Crippen molar-refractivity contribution in [3.05, 3.63) is 46.2 Å². The average Bonchev–Trinajstić information content (AvgIpc) is 2.74. The molecule has 0 aliphatic rings. The molecule has 96 valence electrons. The van der Waals surface area contributed by atoms with Gasteiger partial charge in [0.1, 0.15) is 0 Å². The Kier molecular flexibility index (Phi) is 4.03. The Hall–Kier alpha value is -1.77. The molecule has 0 aliphatic carbocycles. The van der Waals surface area contributed by atoms with Crippen LogP contribution in [0.4, 0.5) is 0 Å². The van der Waals surface area contributed by atoms with Crippen LogP contribution in [-0.4, -0.2) is 9.78 Å². The molecule has 0 aliphatic heterocycles. The maximum Gasteiger partial charge on any atom is 0.270 e. The summed E-state index contributed by atoms with van der Waals surface area (Å²) >= 11 is 0. The highest BCUT2D eigenvalue weighted by Crippen LogP contribution is 2.20. The molecule has 1 N–H and O–H groups in total. The molecule has 1 heterocycles. The van der Waals surface area contributed by atoms with E-state index in [0.29, 0.717) is 6.54 Å². The zero-order chi connectivity index (χ0) is 13.0. The van der Waals surface area contributed by atoms with Crippen molar-refractivity contribution in [2.45, 2.75) is 39.7 Å². The maximum absolute atomic E-state index is 12.2. The minimum Gasteiger partial charge on any atom is -0.295 e. The Labute approximate surface area is 107 Å². The summed E-state index contributed by atoms with van der Waals surface area (Å²) in [5.74, 6) is 0. The van der Waals surface area contributed by atoms with E-state index in [0.717, 1.165) is 36.1 Å². The number of hydrogen-bond acceptors (Lipinski definition) is 1. The number of aromatic amines is 1. The minimum atomic E-state index is 0.129. The first-order valence-electron chi connectivity index (χ1n) is 6.65. The van der Waals surface area contributed by atoms with Gasteiger partial charge in [-0.2, -0.15) is 0 Å². The van der Waals surface area contributed by atoms with Crippen LogP contribution < -0.4 is 5.56 Å². The van der Waals surface area contributed by atoms with Crippen LogP contribution in [0.3, 0.4) is 0 Å². The van der Waals surface area contributed by atoms with Crippen LogP contribution in [0.15, 0.2) is 35.1 Å². The highest BCUT2D eigenvalue weighted by atomic mass is 16.1. The number of aryl methyl sites for hydroxylation is 1. The molecule has 3 nitrogen and oxygen atoms in total. The van der Waals surface area contributed by atoms with Gasteiger partial charge >= 0.3 is 0 Å². The van der Waals surface area contributed by atoms with Crippen molar-refractivity contribution in [3.8, 4) is 11.3 Å². The molecule has 0 spiro atoms. The molecule has 0 radical (unpaired) electrons. The van der Waals surface area contributed by atoms with Crippen LogP contribution in [0.2, 0.25) is 0 Å². The standard InChI is InChI=1S/C15H20N2O/c1-3-5-11-13-14(12-9-7-6-8-10-12)16-17(4-2)15(13)18/h6-10,16H,3-5,11H2,1-2H3. The van der Waals surface area contributed by atoms with Gasteiger partial charge in [0, 0.05) is 12.1 Å². The molecule has 0 saturated heterocycles. The second-order valence-corrected chi connectivity index (χ2v) is 4.48. The minimum absolute atomic E-state index is 0.129. The van der Waals surface area contributed by atoms with Crippen LogP contribution in [0.1, 0.15) is 32.3 Å². The molecule has 18 heavy (non-hydrogen) atoms. The van der Waals surface area contributed by atoms with E-state index in [9.17, 15) is 4.79 Å². The monoisotopic (exact) mass is 244 g/mol. The van der Waals surface area contributed by atoms with Gasteiger partial charge in [-0.3, -0.25) is 14.6 Å². The number of nitrogens with one attached hydrogen (secondary N) is 1. The summed E-state index contributed by atoms with van der Waals surface area (Å²) < 4.78 is 1.69. The summed E-state index contributed by atoms with van der Waals surface area (Å²) in [4.78, 5) is 12.2. The number of unbranched alkanes of at least 4 members (excludes halogenated alkanes) is 1. The summed E-state index contributed by atoms with van der Waals surface area (Å²) in [7, 11) is 0. The van der Waals surface area contributed by atoms with Crippen molar-refractivity contribution in [2.24, 2.45) is 0 Å². The lowest BCUT2D eigenvalue weighted by atomic mass is 10.0. The van der Waals surface area contributed by atoms with E-state index in [1.807, 2.05) is 37.3 Å². The van der Waals surface area contributed by atoms with E-state index >= 15 is 0 Å². The fourth-order valence-electron chi connectivity index (χ4n) is 2.17. The molecule has 2 rings (SSSR count). The number of aromatic nitrogens is 2. The lowest BCUT2D eigenvalue weighted by Crippen LogP contribution is -2.17. The van der Waals surface area contributed by atoms with E-state index in [4.69, 9.17) is 0 Å². The third-order valence-electron chi connectivity index (χ3n) is 3.21. The van der Waals surface area contributed by atoms with Gasteiger partial charge in [-0.25, -0.2) is 0 Å². The van der Waals surface area contributed by atoms with Crippen LogP contribution in [0.25, 0.3) is 11.3 Å². The molecular weight excluding hydrogens is 224 g/mol. The summed E-state index contributed by atoms with van der Waals surface area (Å²) in [5, 5.41) is 3.23. The molecule has 0 unspecified atom stereocenters. The molecular formula is C15H20N2O. The molecule has 1 aromatic heterocycles. The van der Waals surface area contributed by atoms with Gasteiger partial charge in [-0.1, -0.05) is 43.7 Å². The Balaban J connectivity index is 2.49.